The molecule has 0 atom stereocenters. The first-order valence-corrected chi connectivity index (χ1v) is 6.62. The number of carbonyl (C=O) groups excluding carboxylic acids is 1. The van der Waals surface area contributed by atoms with Gasteiger partial charge < -0.3 is 4.90 Å². The summed E-state index contributed by atoms with van der Waals surface area (Å²) in [6, 6.07) is 5.93. The number of hydrogen-bond acceptors (Lipinski definition) is 1. The molecule has 2 nitrogen and oxygen atoms in total. The Kier molecular flexibility index (Phi) is 5.83. The van der Waals surface area contributed by atoms with Gasteiger partial charge in [0.25, 0.3) is 5.91 Å². The second-order valence-electron chi connectivity index (χ2n) is 4.81. The van der Waals surface area contributed by atoms with Crippen LogP contribution < -0.4 is 0 Å². The fourth-order valence-corrected chi connectivity index (χ4v) is 1.88. The highest BCUT2D eigenvalue weighted by Gasteiger charge is 2.17. The summed E-state index contributed by atoms with van der Waals surface area (Å²) in [6.45, 7) is 6.92. The Labute approximate surface area is 109 Å². The number of rotatable bonds is 6. The molecule has 1 aromatic rings. The van der Waals surface area contributed by atoms with Crippen LogP contribution in [0.1, 0.15) is 50.4 Å². The Morgan fingerprint density at radius 1 is 1.22 bits per heavy atom. The van der Waals surface area contributed by atoms with E-state index in [0.717, 1.165) is 25.8 Å². The first-order valence-electron chi connectivity index (χ1n) is 6.62. The summed E-state index contributed by atoms with van der Waals surface area (Å²) >= 11 is 0. The van der Waals surface area contributed by atoms with Gasteiger partial charge in [-0.2, -0.15) is 0 Å². The minimum atomic E-state index is -0.311. The molecule has 0 bridgehead atoms. The van der Waals surface area contributed by atoms with Crippen LogP contribution in [0.3, 0.4) is 0 Å². The van der Waals surface area contributed by atoms with Gasteiger partial charge >= 0.3 is 0 Å². The maximum absolute atomic E-state index is 12.8. The van der Waals surface area contributed by atoms with Crippen molar-refractivity contribution < 1.29 is 9.18 Å². The predicted molar refractivity (Wildman–Crippen MR) is 72.1 cm³/mol. The molecule has 0 radical (unpaired) electrons. The summed E-state index contributed by atoms with van der Waals surface area (Å²) in [5.41, 5.74) is 0.557. The van der Waals surface area contributed by atoms with E-state index in [4.69, 9.17) is 0 Å². The van der Waals surface area contributed by atoms with Crippen LogP contribution in [0.2, 0.25) is 0 Å². The van der Waals surface area contributed by atoms with Crippen LogP contribution >= 0.6 is 0 Å². The van der Waals surface area contributed by atoms with E-state index in [1.165, 1.54) is 12.1 Å². The average Bonchev–Trinajstić information content (AvgIpc) is 2.34. The Balaban J connectivity index is 2.73. The van der Waals surface area contributed by atoms with Crippen molar-refractivity contribution >= 4 is 5.91 Å². The molecule has 18 heavy (non-hydrogen) atoms. The van der Waals surface area contributed by atoms with Crippen molar-refractivity contribution in [1.29, 1.82) is 0 Å². The molecule has 0 unspecified atom stereocenters. The number of hydrogen-bond donors (Lipinski definition) is 0. The van der Waals surface area contributed by atoms with Gasteiger partial charge in [0.15, 0.2) is 0 Å². The normalized spacial score (nSPS) is 10.7. The zero-order valence-electron chi connectivity index (χ0n) is 11.4. The van der Waals surface area contributed by atoms with Crippen LogP contribution in [-0.4, -0.2) is 23.4 Å². The maximum atomic E-state index is 12.8. The van der Waals surface area contributed by atoms with Gasteiger partial charge in [-0.3, -0.25) is 4.79 Å². The van der Waals surface area contributed by atoms with E-state index in [9.17, 15) is 9.18 Å². The zero-order chi connectivity index (χ0) is 13.5. The van der Waals surface area contributed by atoms with E-state index in [-0.39, 0.29) is 17.8 Å². The molecule has 1 rings (SSSR count). The third kappa shape index (κ3) is 4.13. The van der Waals surface area contributed by atoms with Gasteiger partial charge in [0.05, 0.1) is 0 Å². The van der Waals surface area contributed by atoms with E-state index in [1.807, 2.05) is 18.7 Å². The number of nitrogens with zero attached hydrogens (tertiary/aromatic N) is 1. The van der Waals surface area contributed by atoms with Crippen LogP contribution in [0.5, 0.6) is 0 Å². The van der Waals surface area contributed by atoms with E-state index in [2.05, 4.69) is 6.92 Å². The molecule has 0 heterocycles. The van der Waals surface area contributed by atoms with E-state index in [0.29, 0.717) is 5.56 Å². The SMILES string of the molecule is CCCCCN(C(=O)c1ccc(F)cc1)C(C)C. The van der Waals surface area contributed by atoms with Gasteiger partial charge in [0.2, 0.25) is 0 Å². The van der Waals surface area contributed by atoms with Crippen molar-refractivity contribution in [3.8, 4) is 0 Å². The van der Waals surface area contributed by atoms with Gasteiger partial charge in [0, 0.05) is 18.2 Å². The maximum Gasteiger partial charge on any atom is 0.254 e. The summed E-state index contributed by atoms with van der Waals surface area (Å²) < 4.78 is 12.8. The highest BCUT2D eigenvalue weighted by Crippen LogP contribution is 2.11. The quantitative estimate of drug-likeness (QED) is 0.703. The van der Waals surface area contributed by atoms with Gasteiger partial charge in [-0.1, -0.05) is 19.8 Å². The average molecular weight is 251 g/mol. The van der Waals surface area contributed by atoms with Crippen LogP contribution in [-0.2, 0) is 0 Å². The Morgan fingerprint density at radius 2 is 1.83 bits per heavy atom. The predicted octanol–water partition coefficient (Wildman–Crippen LogP) is 3.87. The number of benzene rings is 1. The molecule has 0 aliphatic heterocycles. The molecule has 100 valence electrons. The van der Waals surface area contributed by atoms with Gasteiger partial charge in [-0.15, -0.1) is 0 Å². The van der Waals surface area contributed by atoms with Crippen molar-refractivity contribution in [2.45, 2.75) is 46.1 Å². The first-order chi connectivity index (χ1) is 8.56. The molecule has 1 aromatic carbocycles. The molecule has 0 N–H and O–H groups in total. The zero-order valence-corrected chi connectivity index (χ0v) is 11.4. The Bertz CT molecular complexity index is 373. The largest absolute Gasteiger partial charge is 0.336 e. The first kappa shape index (κ1) is 14.7. The third-order valence-corrected chi connectivity index (χ3v) is 2.98. The second-order valence-corrected chi connectivity index (χ2v) is 4.81. The number of unbranched alkanes of at least 4 members (excludes halogenated alkanes) is 2. The van der Waals surface area contributed by atoms with Crippen LogP contribution in [0.25, 0.3) is 0 Å². The third-order valence-electron chi connectivity index (χ3n) is 2.98. The van der Waals surface area contributed by atoms with Crippen molar-refractivity contribution in [2.75, 3.05) is 6.54 Å². The molecular formula is C15H22FNO. The lowest BCUT2D eigenvalue weighted by Crippen LogP contribution is -2.37. The Hall–Kier alpha value is -1.38. The van der Waals surface area contributed by atoms with Crippen molar-refractivity contribution in [3.05, 3.63) is 35.6 Å². The molecule has 0 fully saturated rings. The lowest BCUT2D eigenvalue weighted by atomic mass is 10.1. The molecule has 0 aliphatic rings. The fraction of sp³-hybridized carbons (Fsp3) is 0.533. The highest BCUT2D eigenvalue weighted by atomic mass is 19.1. The lowest BCUT2D eigenvalue weighted by molar-refractivity contribution is 0.0702. The number of halogens is 1. The standard InChI is InChI=1S/C15H22FNO/c1-4-5-6-11-17(12(2)3)15(18)13-7-9-14(16)10-8-13/h7-10,12H,4-6,11H2,1-3H3. The van der Waals surface area contributed by atoms with E-state index >= 15 is 0 Å². The molecule has 3 heteroatoms. The van der Waals surface area contributed by atoms with Crippen molar-refractivity contribution in [2.24, 2.45) is 0 Å². The van der Waals surface area contributed by atoms with Gasteiger partial charge in [-0.05, 0) is 44.5 Å². The van der Waals surface area contributed by atoms with E-state index in [1.54, 1.807) is 12.1 Å². The Morgan fingerprint density at radius 3 is 2.33 bits per heavy atom. The summed E-state index contributed by atoms with van der Waals surface area (Å²) in [5, 5.41) is 0. The number of carbonyl (C=O) groups is 1. The fourth-order valence-electron chi connectivity index (χ4n) is 1.88. The molecule has 0 spiro atoms. The second kappa shape index (κ2) is 7.14. The highest BCUT2D eigenvalue weighted by molar-refractivity contribution is 5.94. The van der Waals surface area contributed by atoms with Crippen LogP contribution in [0.15, 0.2) is 24.3 Å². The molecule has 0 aromatic heterocycles. The topological polar surface area (TPSA) is 20.3 Å². The summed E-state index contributed by atoms with van der Waals surface area (Å²) in [7, 11) is 0. The number of amides is 1. The molecule has 0 saturated heterocycles. The van der Waals surface area contributed by atoms with Gasteiger partial charge in [-0.25, -0.2) is 4.39 Å². The molecule has 1 amide bonds. The van der Waals surface area contributed by atoms with Gasteiger partial charge in [0.1, 0.15) is 5.82 Å². The molecular weight excluding hydrogens is 229 g/mol. The molecule has 0 saturated carbocycles. The lowest BCUT2D eigenvalue weighted by Gasteiger charge is -2.27. The summed E-state index contributed by atoms with van der Waals surface area (Å²) in [4.78, 5) is 14.1. The van der Waals surface area contributed by atoms with E-state index < -0.39 is 0 Å². The van der Waals surface area contributed by atoms with Crippen LogP contribution in [0, 0.1) is 5.82 Å². The van der Waals surface area contributed by atoms with Crippen molar-refractivity contribution in [1.82, 2.24) is 4.90 Å². The summed E-state index contributed by atoms with van der Waals surface area (Å²) in [5.74, 6) is -0.324. The smallest absolute Gasteiger partial charge is 0.254 e. The minimum absolute atomic E-state index is 0.0129. The molecule has 0 aliphatic carbocycles. The van der Waals surface area contributed by atoms with Crippen molar-refractivity contribution in [3.63, 3.8) is 0 Å². The monoisotopic (exact) mass is 251 g/mol. The van der Waals surface area contributed by atoms with Crippen LogP contribution in [0.4, 0.5) is 4.39 Å². The minimum Gasteiger partial charge on any atom is -0.336 e. The summed E-state index contributed by atoms with van der Waals surface area (Å²) in [6.07, 6.45) is 3.28.